The van der Waals surface area contributed by atoms with Crippen LogP contribution in [-0.4, -0.2) is 36.4 Å². The molecule has 1 saturated heterocycles. The Morgan fingerprint density at radius 3 is 2.30 bits per heavy atom. The van der Waals surface area contributed by atoms with Crippen molar-refractivity contribution >= 4 is 11.8 Å². The van der Waals surface area contributed by atoms with Gasteiger partial charge in [-0.3, -0.25) is 9.59 Å². The minimum atomic E-state index is -0.425. The molecule has 30 heavy (non-hydrogen) atoms. The van der Waals surface area contributed by atoms with Crippen molar-refractivity contribution in [1.29, 1.82) is 0 Å². The molecule has 5 nitrogen and oxygen atoms in total. The Balaban J connectivity index is 1.66. The van der Waals surface area contributed by atoms with Gasteiger partial charge in [0.25, 0.3) is 0 Å². The maximum atomic E-state index is 13.1. The van der Waals surface area contributed by atoms with Gasteiger partial charge in [-0.1, -0.05) is 37.3 Å². The van der Waals surface area contributed by atoms with Gasteiger partial charge in [0.05, 0.1) is 12.5 Å². The maximum absolute atomic E-state index is 13.1. The number of benzene rings is 2. The summed E-state index contributed by atoms with van der Waals surface area (Å²) in [6.07, 6.45) is 2.20. The highest BCUT2D eigenvalue weighted by Crippen LogP contribution is 2.37. The lowest BCUT2D eigenvalue weighted by Gasteiger charge is -2.42. The van der Waals surface area contributed by atoms with Crippen molar-refractivity contribution in [3.05, 3.63) is 66.0 Å². The lowest BCUT2D eigenvalue weighted by molar-refractivity contribution is -0.136. The van der Waals surface area contributed by atoms with Gasteiger partial charge in [-0.05, 0) is 49.1 Å². The lowest BCUT2D eigenvalue weighted by atomic mass is 9.75. The molecule has 2 aromatic carbocycles. The fourth-order valence-corrected chi connectivity index (χ4v) is 4.17. The molecule has 1 heterocycles. The van der Waals surface area contributed by atoms with E-state index >= 15 is 0 Å². The van der Waals surface area contributed by atoms with Gasteiger partial charge < -0.3 is 15.4 Å². The van der Waals surface area contributed by atoms with E-state index in [-0.39, 0.29) is 30.0 Å². The van der Waals surface area contributed by atoms with Crippen LogP contribution in [0.3, 0.4) is 0 Å². The Morgan fingerprint density at radius 1 is 1.10 bits per heavy atom. The molecule has 1 aliphatic heterocycles. The van der Waals surface area contributed by atoms with Crippen LogP contribution in [0.2, 0.25) is 0 Å². The van der Waals surface area contributed by atoms with Crippen LogP contribution < -0.4 is 10.5 Å². The molecule has 2 aromatic rings. The first-order valence-electron chi connectivity index (χ1n) is 10.4. The monoisotopic (exact) mass is 412 g/mol. The van der Waals surface area contributed by atoms with Gasteiger partial charge in [-0.15, -0.1) is 0 Å². The number of rotatable bonds is 8. The summed E-state index contributed by atoms with van der Waals surface area (Å²) in [6.45, 7) is 3.44. The molecule has 2 N–H and O–H groups in total. The van der Waals surface area contributed by atoms with E-state index in [0.29, 0.717) is 38.3 Å². The third-order valence-corrected chi connectivity index (χ3v) is 5.95. The first kappa shape index (κ1) is 21.8. The van der Waals surface area contributed by atoms with E-state index in [0.717, 1.165) is 12.0 Å². The third kappa shape index (κ3) is 5.38. The lowest BCUT2D eigenvalue weighted by Crippen LogP contribution is -2.48. The van der Waals surface area contributed by atoms with Gasteiger partial charge in [0.2, 0.25) is 11.8 Å². The number of nitrogens with zero attached hydrogens (tertiary/aromatic N) is 1. The summed E-state index contributed by atoms with van der Waals surface area (Å²) in [6, 6.07) is 15.6. The molecule has 6 heteroatoms. The summed E-state index contributed by atoms with van der Waals surface area (Å²) >= 11 is 0. The second-order valence-electron chi connectivity index (χ2n) is 8.08. The molecule has 0 radical (unpaired) electrons. The predicted octanol–water partition coefficient (Wildman–Crippen LogP) is 3.88. The number of halogens is 1. The number of nitrogens with two attached hydrogens (primary N) is 1. The summed E-state index contributed by atoms with van der Waals surface area (Å²) in [5, 5.41) is 0. The zero-order valence-electron chi connectivity index (χ0n) is 17.4. The average Bonchev–Trinajstić information content (AvgIpc) is 2.75. The van der Waals surface area contributed by atoms with Gasteiger partial charge in [0.1, 0.15) is 11.6 Å². The highest BCUT2D eigenvalue weighted by atomic mass is 19.1. The largest absolute Gasteiger partial charge is 0.493 e. The minimum absolute atomic E-state index is 0.121. The second kappa shape index (κ2) is 9.74. The van der Waals surface area contributed by atoms with Crippen LogP contribution in [-0.2, 0) is 9.59 Å². The molecule has 3 rings (SSSR count). The predicted molar refractivity (Wildman–Crippen MR) is 113 cm³/mol. The topological polar surface area (TPSA) is 72.6 Å². The van der Waals surface area contributed by atoms with E-state index in [2.05, 4.69) is 0 Å². The SMILES string of the molecule is CC[C@H](C(=O)N1CCC(COc2ccc(F)cc2)(CC(N)=O)CC1)c1ccccc1. The van der Waals surface area contributed by atoms with Crippen LogP contribution in [0.4, 0.5) is 4.39 Å². The van der Waals surface area contributed by atoms with Gasteiger partial charge >= 0.3 is 0 Å². The zero-order valence-corrected chi connectivity index (χ0v) is 17.4. The van der Waals surface area contributed by atoms with Crippen molar-refractivity contribution in [1.82, 2.24) is 4.90 Å². The van der Waals surface area contributed by atoms with Crippen LogP contribution in [0, 0.1) is 11.2 Å². The van der Waals surface area contributed by atoms with E-state index in [9.17, 15) is 14.0 Å². The molecule has 0 aromatic heterocycles. The molecule has 1 atom stereocenters. The van der Waals surface area contributed by atoms with E-state index in [1.54, 1.807) is 12.1 Å². The van der Waals surface area contributed by atoms with E-state index in [1.165, 1.54) is 12.1 Å². The van der Waals surface area contributed by atoms with Crippen LogP contribution in [0.5, 0.6) is 5.75 Å². The molecule has 0 saturated carbocycles. The van der Waals surface area contributed by atoms with Crippen molar-refractivity contribution in [2.45, 2.75) is 38.5 Å². The normalized spacial score (nSPS) is 16.7. The van der Waals surface area contributed by atoms with Crippen molar-refractivity contribution in [2.24, 2.45) is 11.1 Å². The summed E-state index contributed by atoms with van der Waals surface area (Å²) in [7, 11) is 0. The number of amides is 2. The summed E-state index contributed by atoms with van der Waals surface area (Å²) < 4.78 is 19.0. The van der Waals surface area contributed by atoms with Crippen molar-refractivity contribution in [2.75, 3.05) is 19.7 Å². The van der Waals surface area contributed by atoms with Crippen molar-refractivity contribution < 1.29 is 18.7 Å². The number of ether oxygens (including phenoxy) is 1. The molecular formula is C24H29FN2O3. The summed E-state index contributed by atoms with van der Waals surface area (Å²) in [5.74, 6) is -0.201. The molecule has 0 unspecified atom stereocenters. The van der Waals surface area contributed by atoms with Gasteiger partial charge in [-0.2, -0.15) is 0 Å². The molecular weight excluding hydrogens is 383 g/mol. The quantitative estimate of drug-likeness (QED) is 0.715. The zero-order chi connectivity index (χ0) is 21.6. The summed E-state index contributed by atoms with van der Waals surface area (Å²) in [5.41, 5.74) is 6.11. The standard InChI is InChI=1S/C24H29FN2O3/c1-2-21(18-6-4-3-5-7-18)23(29)27-14-12-24(13-15-27,16-22(26)28)17-30-20-10-8-19(25)9-11-20/h3-11,21H,2,12-17H2,1H3,(H2,26,28)/t21-/m0/s1. The number of carbonyl (C=O) groups is 2. The van der Waals surface area contributed by atoms with Crippen molar-refractivity contribution in [3.8, 4) is 5.75 Å². The van der Waals surface area contributed by atoms with Gasteiger partial charge in [-0.25, -0.2) is 4.39 Å². The van der Waals surface area contributed by atoms with Crippen LogP contribution >= 0.6 is 0 Å². The van der Waals surface area contributed by atoms with Crippen molar-refractivity contribution in [3.63, 3.8) is 0 Å². The molecule has 0 aliphatic carbocycles. The Hall–Kier alpha value is -2.89. The first-order chi connectivity index (χ1) is 14.4. The number of hydrogen-bond acceptors (Lipinski definition) is 3. The molecule has 0 bridgehead atoms. The van der Waals surface area contributed by atoms with Gasteiger partial charge in [0.15, 0.2) is 0 Å². The number of primary amides is 1. The summed E-state index contributed by atoms with van der Waals surface area (Å²) in [4.78, 5) is 26.7. The van der Waals surface area contributed by atoms with E-state index in [1.807, 2.05) is 42.2 Å². The molecule has 2 amide bonds. The Bertz CT molecular complexity index is 847. The Labute approximate surface area is 177 Å². The first-order valence-corrected chi connectivity index (χ1v) is 10.4. The smallest absolute Gasteiger partial charge is 0.230 e. The average molecular weight is 413 g/mol. The number of piperidine rings is 1. The van der Waals surface area contributed by atoms with E-state index in [4.69, 9.17) is 10.5 Å². The highest BCUT2D eigenvalue weighted by molar-refractivity contribution is 5.84. The van der Waals surface area contributed by atoms with Crippen LogP contribution in [0.15, 0.2) is 54.6 Å². The Kier molecular flexibility index (Phi) is 7.08. The third-order valence-electron chi connectivity index (χ3n) is 5.95. The van der Waals surface area contributed by atoms with Gasteiger partial charge in [0, 0.05) is 24.9 Å². The molecule has 1 fully saturated rings. The number of hydrogen-bond donors (Lipinski definition) is 1. The van der Waals surface area contributed by atoms with Crippen LogP contribution in [0.25, 0.3) is 0 Å². The number of likely N-dealkylation sites (tertiary alicyclic amines) is 1. The maximum Gasteiger partial charge on any atom is 0.230 e. The van der Waals surface area contributed by atoms with E-state index < -0.39 is 5.41 Å². The fraction of sp³-hybridized carbons (Fsp3) is 0.417. The minimum Gasteiger partial charge on any atom is -0.493 e. The molecule has 1 aliphatic rings. The highest BCUT2D eigenvalue weighted by Gasteiger charge is 2.39. The number of carbonyl (C=O) groups excluding carboxylic acids is 2. The molecule has 0 spiro atoms. The second-order valence-corrected chi connectivity index (χ2v) is 8.08. The fourth-order valence-electron chi connectivity index (χ4n) is 4.17. The van der Waals surface area contributed by atoms with Crippen LogP contribution in [0.1, 0.15) is 44.1 Å². The Morgan fingerprint density at radius 2 is 1.73 bits per heavy atom. The molecule has 160 valence electrons.